The summed E-state index contributed by atoms with van der Waals surface area (Å²) in [7, 11) is 1.40. The Balaban J connectivity index is 2.87. The second-order valence-corrected chi connectivity index (χ2v) is 4.53. The highest BCUT2D eigenvalue weighted by atomic mass is 16.5. The summed E-state index contributed by atoms with van der Waals surface area (Å²) in [4.78, 5) is 11.4. The molecule has 0 amide bonds. The Morgan fingerprint density at radius 2 is 2.06 bits per heavy atom. The van der Waals surface area contributed by atoms with Gasteiger partial charge in [0.25, 0.3) is 0 Å². The van der Waals surface area contributed by atoms with E-state index >= 15 is 0 Å². The molecule has 1 aromatic rings. The molecule has 1 heterocycles. The zero-order valence-electron chi connectivity index (χ0n) is 12.1. The van der Waals surface area contributed by atoms with Gasteiger partial charge < -0.3 is 4.74 Å². The molecule has 0 aliphatic heterocycles. The summed E-state index contributed by atoms with van der Waals surface area (Å²) in [6.07, 6.45) is 0. The molecule has 0 aliphatic rings. The van der Waals surface area contributed by atoms with Crippen molar-refractivity contribution >= 4 is 5.97 Å². The van der Waals surface area contributed by atoms with E-state index in [1.54, 1.807) is 6.92 Å². The lowest BCUT2D eigenvalue weighted by Gasteiger charge is -2.19. The first-order chi connectivity index (χ1) is 8.42. The number of carbonyl (C=O) groups excluding carboxylic acids is 1. The van der Waals surface area contributed by atoms with E-state index in [-0.39, 0.29) is 18.1 Å². The minimum atomic E-state index is -0.325. The SMILES string of the molecule is CCn1nc(C)c(C(C)NC(C)C(=O)OC)c1C. The molecule has 0 aromatic carbocycles. The predicted molar refractivity (Wildman–Crippen MR) is 70.4 cm³/mol. The van der Waals surface area contributed by atoms with Gasteiger partial charge in [-0.1, -0.05) is 0 Å². The summed E-state index contributed by atoms with van der Waals surface area (Å²) in [6.45, 7) is 10.8. The van der Waals surface area contributed by atoms with Gasteiger partial charge in [0.15, 0.2) is 0 Å². The Kier molecular flexibility index (Phi) is 4.90. The van der Waals surface area contributed by atoms with E-state index in [0.29, 0.717) is 0 Å². The van der Waals surface area contributed by atoms with E-state index in [4.69, 9.17) is 4.74 Å². The van der Waals surface area contributed by atoms with Crippen LogP contribution in [0.2, 0.25) is 0 Å². The van der Waals surface area contributed by atoms with E-state index in [9.17, 15) is 4.79 Å². The Morgan fingerprint density at radius 1 is 1.44 bits per heavy atom. The maximum absolute atomic E-state index is 11.4. The van der Waals surface area contributed by atoms with Crippen LogP contribution in [0.5, 0.6) is 0 Å². The Bertz CT molecular complexity index is 426. The lowest BCUT2D eigenvalue weighted by molar-refractivity contribution is -0.142. The molecule has 0 radical (unpaired) electrons. The number of rotatable bonds is 5. The van der Waals surface area contributed by atoms with Gasteiger partial charge in [-0.25, -0.2) is 0 Å². The van der Waals surface area contributed by atoms with Gasteiger partial charge in [0.2, 0.25) is 0 Å². The van der Waals surface area contributed by atoms with Gasteiger partial charge in [0.05, 0.1) is 12.8 Å². The molecular formula is C13H23N3O2. The number of esters is 1. The third-order valence-electron chi connectivity index (χ3n) is 3.22. The van der Waals surface area contributed by atoms with Crippen LogP contribution >= 0.6 is 0 Å². The van der Waals surface area contributed by atoms with Crippen molar-refractivity contribution in [3.8, 4) is 0 Å². The highest BCUT2D eigenvalue weighted by Gasteiger charge is 2.21. The lowest BCUT2D eigenvalue weighted by atomic mass is 10.1. The number of ether oxygens (including phenoxy) is 1. The van der Waals surface area contributed by atoms with E-state index in [1.807, 2.05) is 18.5 Å². The van der Waals surface area contributed by atoms with E-state index in [1.165, 1.54) is 7.11 Å². The predicted octanol–water partition coefficient (Wildman–Crippen LogP) is 1.73. The fourth-order valence-corrected chi connectivity index (χ4v) is 2.35. The first kappa shape index (κ1) is 14.7. The van der Waals surface area contributed by atoms with Crippen LogP contribution in [0.25, 0.3) is 0 Å². The van der Waals surface area contributed by atoms with Crippen molar-refractivity contribution in [2.45, 2.75) is 53.2 Å². The topological polar surface area (TPSA) is 56.2 Å². The Hall–Kier alpha value is -1.36. The lowest BCUT2D eigenvalue weighted by Crippen LogP contribution is -2.36. The minimum absolute atomic E-state index is 0.0689. The van der Waals surface area contributed by atoms with Crippen molar-refractivity contribution in [1.82, 2.24) is 15.1 Å². The second kappa shape index (κ2) is 6.00. The van der Waals surface area contributed by atoms with Crippen LogP contribution in [0, 0.1) is 13.8 Å². The van der Waals surface area contributed by atoms with Crippen molar-refractivity contribution in [3.05, 3.63) is 17.0 Å². The summed E-state index contributed by atoms with van der Waals surface area (Å²) in [5.74, 6) is -0.250. The van der Waals surface area contributed by atoms with Crippen LogP contribution in [0.4, 0.5) is 0 Å². The molecule has 0 aliphatic carbocycles. The summed E-state index contributed by atoms with van der Waals surface area (Å²) >= 11 is 0. The highest BCUT2D eigenvalue weighted by Crippen LogP contribution is 2.21. The number of nitrogens with zero attached hydrogens (tertiary/aromatic N) is 2. The molecule has 5 nitrogen and oxygen atoms in total. The molecule has 0 saturated heterocycles. The summed E-state index contributed by atoms with van der Waals surface area (Å²) < 4.78 is 6.69. The molecule has 0 bridgehead atoms. The molecule has 102 valence electrons. The fraction of sp³-hybridized carbons (Fsp3) is 0.692. The highest BCUT2D eigenvalue weighted by molar-refractivity contribution is 5.75. The number of hydrogen-bond donors (Lipinski definition) is 1. The summed E-state index contributed by atoms with van der Waals surface area (Å²) in [5.41, 5.74) is 3.31. The number of hydrogen-bond acceptors (Lipinski definition) is 4. The van der Waals surface area contributed by atoms with Crippen molar-refractivity contribution in [3.63, 3.8) is 0 Å². The third kappa shape index (κ3) is 2.90. The Morgan fingerprint density at radius 3 is 2.50 bits per heavy atom. The van der Waals surface area contributed by atoms with Gasteiger partial charge in [-0.3, -0.25) is 14.8 Å². The molecule has 18 heavy (non-hydrogen) atoms. The molecular weight excluding hydrogens is 230 g/mol. The number of aromatic nitrogens is 2. The van der Waals surface area contributed by atoms with Crippen LogP contribution in [-0.4, -0.2) is 28.9 Å². The van der Waals surface area contributed by atoms with Crippen molar-refractivity contribution in [1.29, 1.82) is 0 Å². The van der Waals surface area contributed by atoms with Gasteiger partial charge in [-0.15, -0.1) is 0 Å². The van der Waals surface area contributed by atoms with E-state index in [0.717, 1.165) is 23.5 Å². The average molecular weight is 253 g/mol. The molecule has 2 unspecified atom stereocenters. The molecule has 2 atom stereocenters. The monoisotopic (exact) mass is 253 g/mol. The number of methoxy groups -OCH3 is 1. The average Bonchev–Trinajstić information content (AvgIpc) is 2.62. The summed E-state index contributed by atoms with van der Waals surface area (Å²) in [6, 6.07) is -0.256. The zero-order chi connectivity index (χ0) is 13.9. The Labute approximate surface area is 109 Å². The first-order valence-corrected chi connectivity index (χ1v) is 6.30. The molecule has 0 spiro atoms. The molecule has 5 heteroatoms. The maximum Gasteiger partial charge on any atom is 0.322 e. The largest absolute Gasteiger partial charge is 0.468 e. The second-order valence-electron chi connectivity index (χ2n) is 4.53. The smallest absolute Gasteiger partial charge is 0.322 e. The molecule has 1 N–H and O–H groups in total. The standard InChI is InChI=1S/C13H23N3O2/c1-7-16-11(5)12(9(3)15-16)8(2)14-10(4)13(17)18-6/h8,10,14H,7H2,1-6H3. The van der Waals surface area contributed by atoms with Crippen LogP contribution in [0.15, 0.2) is 0 Å². The van der Waals surface area contributed by atoms with Gasteiger partial charge in [-0.2, -0.15) is 5.10 Å². The van der Waals surface area contributed by atoms with E-state index in [2.05, 4.69) is 24.3 Å². The van der Waals surface area contributed by atoms with Gasteiger partial charge >= 0.3 is 5.97 Å². The number of nitrogens with one attached hydrogen (secondary N) is 1. The van der Waals surface area contributed by atoms with Crippen molar-refractivity contribution < 1.29 is 9.53 Å². The molecule has 1 rings (SSSR count). The molecule has 1 aromatic heterocycles. The minimum Gasteiger partial charge on any atom is -0.468 e. The zero-order valence-corrected chi connectivity index (χ0v) is 12.1. The maximum atomic E-state index is 11.4. The van der Waals surface area contributed by atoms with Gasteiger partial charge in [0.1, 0.15) is 6.04 Å². The first-order valence-electron chi connectivity index (χ1n) is 6.30. The summed E-state index contributed by atoms with van der Waals surface area (Å²) in [5, 5.41) is 7.72. The third-order valence-corrected chi connectivity index (χ3v) is 3.22. The van der Waals surface area contributed by atoms with Crippen LogP contribution < -0.4 is 5.32 Å². The van der Waals surface area contributed by atoms with Crippen LogP contribution in [0.1, 0.15) is 43.8 Å². The van der Waals surface area contributed by atoms with Crippen molar-refractivity contribution in [2.75, 3.05) is 7.11 Å². The normalized spacial score (nSPS) is 14.3. The van der Waals surface area contributed by atoms with Crippen molar-refractivity contribution in [2.24, 2.45) is 0 Å². The fourth-order valence-electron chi connectivity index (χ4n) is 2.35. The number of aryl methyl sites for hydroxylation is 2. The molecule has 0 saturated carbocycles. The van der Waals surface area contributed by atoms with Gasteiger partial charge in [-0.05, 0) is 34.6 Å². The van der Waals surface area contributed by atoms with Gasteiger partial charge in [0, 0.05) is 23.8 Å². The number of carbonyl (C=O) groups is 1. The van der Waals surface area contributed by atoms with Crippen LogP contribution in [-0.2, 0) is 16.1 Å². The molecule has 0 fully saturated rings. The van der Waals surface area contributed by atoms with E-state index < -0.39 is 0 Å². The quantitative estimate of drug-likeness (QED) is 0.812. The van der Waals surface area contributed by atoms with Crippen LogP contribution in [0.3, 0.4) is 0 Å².